The highest BCUT2D eigenvalue weighted by Crippen LogP contribution is 2.22. The van der Waals surface area contributed by atoms with E-state index in [1.54, 1.807) is 11.7 Å². The quantitative estimate of drug-likeness (QED) is 0.188. The van der Waals surface area contributed by atoms with Crippen molar-refractivity contribution in [2.45, 2.75) is 57.9 Å². The number of ether oxygens (including phenoxy) is 2. The Hall–Kier alpha value is -4.21. The molecule has 1 aromatic heterocycles. The molecular formula is C33H37N3O5S. The van der Waals surface area contributed by atoms with Crippen LogP contribution in [0.5, 0.6) is 5.75 Å². The van der Waals surface area contributed by atoms with Crippen LogP contribution in [0, 0.1) is 13.8 Å². The largest absolute Gasteiger partial charge is 0.483 e. The van der Waals surface area contributed by atoms with Gasteiger partial charge in [-0.15, -0.1) is 11.3 Å². The summed E-state index contributed by atoms with van der Waals surface area (Å²) in [7, 11) is 0. The molecule has 0 saturated carbocycles. The maximum Gasteiger partial charge on any atom is 0.407 e. The van der Waals surface area contributed by atoms with Crippen molar-refractivity contribution < 1.29 is 24.2 Å². The number of hydrogen-bond acceptors (Lipinski definition) is 7. The molecule has 0 aliphatic heterocycles. The lowest BCUT2D eigenvalue weighted by atomic mass is 9.93. The Morgan fingerprint density at radius 2 is 1.52 bits per heavy atom. The number of aromatic nitrogens is 1. The van der Waals surface area contributed by atoms with Crippen molar-refractivity contribution >= 4 is 23.3 Å². The van der Waals surface area contributed by atoms with Gasteiger partial charge in [-0.25, -0.2) is 4.79 Å². The molecule has 8 nitrogen and oxygen atoms in total. The first-order valence-electron chi connectivity index (χ1n) is 13.9. The van der Waals surface area contributed by atoms with Gasteiger partial charge in [-0.1, -0.05) is 78.9 Å². The minimum Gasteiger partial charge on any atom is -0.483 e. The van der Waals surface area contributed by atoms with Gasteiger partial charge in [0.25, 0.3) is 5.91 Å². The molecule has 0 spiro atoms. The highest BCUT2D eigenvalue weighted by molar-refractivity contribution is 7.09. The first-order chi connectivity index (χ1) is 20.4. The monoisotopic (exact) mass is 587 g/mol. The third kappa shape index (κ3) is 9.71. The minimum atomic E-state index is -0.977. The summed E-state index contributed by atoms with van der Waals surface area (Å²) in [6, 6.07) is 24.2. The average molecular weight is 588 g/mol. The van der Waals surface area contributed by atoms with E-state index in [0.717, 1.165) is 27.1 Å². The fourth-order valence-electron chi connectivity index (χ4n) is 4.78. The fraction of sp³-hybridized carbons (Fsp3) is 0.303. The smallest absolute Gasteiger partial charge is 0.407 e. The highest BCUT2D eigenvalue weighted by Gasteiger charge is 2.27. The van der Waals surface area contributed by atoms with Crippen LogP contribution in [0.15, 0.2) is 90.6 Å². The summed E-state index contributed by atoms with van der Waals surface area (Å²) in [5.74, 6) is 0.401. The van der Waals surface area contributed by atoms with Gasteiger partial charge >= 0.3 is 6.09 Å². The number of hydrogen-bond donors (Lipinski definition) is 3. The number of nitrogens with zero attached hydrogens (tertiary/aromatic N) is 1. The van der Waals surface area contributed by atoms with Crippen molar-refractivity contribution in [1.82, 2.24) is 15.6 Å². The van der Waals surface area contributed by atoms with E-state index in [9.17, 15) is 14.7 Å². The number of para-hydroxylation sites is 1. The predicted octanol–water partition coefficient (Wildman–Crippen LogP) is 5.15. The Kier molecular flexibility index (Phi) is 11.5. The normalized spacial score (nSPS) is 13.0. The lowest BCUT2D eigenvalue weighted by Gasteiger charge is -2.28. The first-order valence-corrected chi connectivity index (χ1v) is 14.8. The maximum absolute atomic E-state index is 13.0. The number of amides is 2. The number of aryl methyl sites for hydroxylation is 2. The SMILES string of the molecule is Cc1cccc(C)c1OCC(=O)N[C@@H](Cc1ccccc1)C[C@H](O)[C@H](Cc1ccccc1)NC(=O)OCc1cncs1. The van der Waals surface area contributed by atoms with Crippen molar-refractivity contribution in [1.29, 1.82) is 0 Å². The van der Waals surface area contributed by atoms with Crippen molar-refractivity contribution in [3.05, 3.63) is 118 Å². The van der Waals surface area contributed by atoms with Crippen molar-refractivity contribution in [2.24, 2.45) is 0 Å². The Morgan fingerprint density at radius 1 is 0.881 bits per heavy atom. The highest BCUT2D eigenvalue weighted by atomic mass is 32.1. The van der Waals surface area contributed by atoms with E-state index in [-0.39, 0.29) is 25.5 Å². The topological polar surface area (TPSA) is 110 Å². The van der Waals surface area contributed by atoms with E-state index in [2.05, 4.69) is 15.6 Å². The van der Waals surface area contributed by atoms with Gasteiger partial charge in [-0.3, -0.25) is 9.78 Å². The molecule has 0 saturated heterocycles. The standard InChI is InChI=1S/C33H37N3O5S/c1-23-10-9-11-24(2)32(23)40-21-31(38)35-27(16-25-12-5-3-6-13-25)18-30(37)29(17-26-14-7-4-8-15-26)36-33(39)41-20-28-19-34-22-42-28/h3-15,19,22,27,29-30,37H,16-18,20-21H2,1-2H3,(H,35,38)(H,36,39)/t27-,29-,30-/m0/s1. The molecule has 9 heteroatoms. The van der Waals surface area contributed by atoms with Crippen LogP contribution in [0.2, 0.25) is 0 Å². The number of rotatable bonds is 14. The number of benzene rings is 3. The van der Waals surface area contributed by atoms with Crippen LogP contribution in [0.25, 0.3) is 0 Å². The van der Waals surface area contributed by atoms with E-state index in [0.29, 0.717) is 18.6 Å². The predicted molar refractivity (Wildman–Crippen MR) is 163 cm³/mol. The van der Waals surface area contributed by atoms with E-state index in [1.807, 2.05) is 92.7 Å². The second-order valence-electron chi connectivity index (χ2n) is 10.3. The molecule has 0 unspecified atom stereocenters. The summed E-state index contributed by atoms with van der Waals surface area (Å²) in [4.78, 5) is 30.6. The molecule has 0 radical (unpaired) electrons. The molecule has 2 amide bonds. The third-order valence-electron chi connectivity index (χ3n) is 6.87. The van der Waals surface area contributed by atoms with Crippen LogP contribution in [-0.4, -0.2) is 46.9 Å². The van der Waals surface area contributed by atoms with Crippen LogP contribution < -0.4 is 15.4 Å². The summed E-state index contributed by atoms with van der Waals surface area (Å²) in [6.45, 7) is 3.83. The Balaban J connectivity index is 1.44. The molecule has 0 bridgehead atoms. The number of alkyl carbamates (subject to hydrolysis) is 1. The molecule has 3 atom stereocenters. The molecule has 3 N–H and O–H groups in total. The van der Waals surface area contributed by atoms with Gasteiger partial charge in [0.1, 0.15) is 12.4 Å². The van der Waals surface area contributed by atoms with Gasteiger partial charge in [-0.2, -0.15) is 0 Å². The Bertz CT molecular complexity index is 1380. The summed E-state index contributed by atoms with van der Waals surface area (Å²) in [6.07, 6.45) is 1.13. The number of aliphatic hydroxyl groups is 1. The molecule has 220 valence electrons. The summed E-state index contributed by atoms with van der Waals surface area (Å²) in [5, 5.41) is 17.3. The van der Waals surface area contributed by atoms with Crippen LogP contribution >= 0.6 is 11.3 Å². The molecule has 42 heavy (non-hydrogen) atoms. The van der Waals surface area contributed by atoms with Gasteiger partial charge in [0, 0.05) is 12.2 Å². The average Bonchev–Trinajstić information content (AvgIpc) is 3.50. The number of aliphatic hydroxyl groups excluding tert-OH is 1. The van der Waals surface area contributed by atoms with Crippen molar-refractivity contribution in [2.75, 3.05) is 6.61 Å². The Labute approximate surface area is 250 Å². The lowest BCUT2D eigenvalue weighted by molar-refractivity contribution is -0.124. The summed E-state index contributed by atoms with van der Waals surface area (Å²) >= 11 is 1.40. The summed E-state index contributed by atoms with van der Waals surface area (Å²) in [5.41, 5.74) is 5.55. The molecular weight excluding hydrogens is 550 g/mol. The van der Waals surface area contributed by atoms with Crippen molar-refractivity contribution in [3.63, 3.8) is 0 Å². The molecule has 4 aromatic rings. The van der Waals surface area contributed by atoms with E-state index in [4.69, 9.17) is 9.47 Å². The zero-order valence-electron chi connectivity index (χ0n) is 23.9. The van der Waals surface area contributed by atoms with Crippen LogP contribution in [0.3, 0.4) is 0 Å². The number of carbonyl (C=O) groups excluding carboxylic acids is 2. The van der Waals surface area contributed by atoms with E-state index >= 15 is 0 Å². The third-order valence-corrected chi connectivity index (χ3v) is 7.62. The fourth-order valence-corrected chi connectivity index (χ4v) is 5.28. The molecule has 3 aromatic carbocycles. The molecule has 1 heterocycles. The molecule has 0 fully saturated rings. The number of nitrogens with one attached hydrogen (secondary N) is 2. The number of carbonyl (C=O) groups is 2. The van der Waals surface area contributed by atoms with Gasteiger partial charge < -0.3 is 25.2 Å². The van der Waals surface area contributed by atoms with Gasteiger partial charge in [0.2, 0.25) is 0 Å². The summed E-state index contributed by atoms with van der Waals surface area (Å²) < 4.78 is 11.3. The maximum atomic E-state index is 13.0. The van der Waals surface area contributed by atoms with Gasteiger partial charge in [-0.05, 0) is 55.4 Å². The zero-order valence-corrected chi connectivity index (χ0v) is 24.7. The zero-order chi connectivity index (χ0) is 29.7. The molecule has 4 rings (SSSR count). The second kappa shape index (κ2) is 15.7. The van der Waals surface area contributed by atoms with Gasteiger partial charge in [0.15, 0.2) is 6.61 Å². The lowest BCUT2D eigenvalue weighted by Crippen LogP contribution is -2.49. The molecule has 0 aliphatic carbocycles. The second-order valence-corrected chi connectivity index (χ2v) is 11.2. The van der Waals surface area contributed by atoms with E-state index in [1.165, 1.54) is 11.3 Å². The number of thiazole rings is 1. The van der Waals surface area contributed by atoms with Crippen LogP contribution in [-0.2, 0) is 29.0 Å². The van der Waals surface area contributed by atoms with Gasteiger partial charge in [0.05, 0.1) is 22.5 Å². The van der Waals surface area contributed by atoms with Crippen molar-refractivity contribution in [3.8, 4) is 5.75 Å². The van der Waals surface area contributed by atoms with E-state index < -0.39 is 24.3 Å². The van der Waals surface area contributed by atoms with Crippen LogP contribution in [0.4, 0.5) is 4.79 Å². The van der Waals surface area contributed by atoms with Crippen LogP contribution in [0.1, 0.15) is 33.6 Å². The first kappa shape index (κ1) is 30.7. The Morgan fingerprint density at radius 3 is 2.14 bits per heavy atom. The molecule has 0 aliphatic rings. The minimum absolute atomic E-state index is 0.0949.